The van der Waals surface area contributed by atoms with E-state index >= 15 is 0 Å². The van der Waals surface area contributed by atoms with E-state index in [2.05, 4.69) is 11.0 Å². The number of aliphatic carboxylic acids is 1. The molecular formula is C15H17FN2O2. The molecule has 1 aromatic rings. The van der Waals surface area contributed by atoms with Crippen LogP contribution in [-0.2, 0) is 11.3 Å². The SMILES string of the molecule is CCN(CCC#N)Cc1ccc(F)cc1C=CC(=O)O. The van der Waals surface area contributed by atoms with Crippen LogP contribution < -0.4 is 0 Å². The van der Waals surface area contributed by atoms with E-state index in [1.165, 1.54) is 18.2 Å². The summed E-state index contributed by atoms with van der Waals surface area (Å²) in [6.45, 7) is 3.93. The molecule has 0 atom stereocenters. The summed E-state index contributed by atoms with van der Waals surface area (Å²) in [5.41, 5.74) is 1.38. The Hall–Kier alpha value is -2.19. The number of nitrogens with zero attached hydrogens (tertiary/aromatic N) is 2. The van der Waals surface area contributed by atoms with E-state index in [1.54, 1.807) is 6.07 Å². The predicted octanol–water partition coefficient (Wildman–Crippen LogP) is 2.66. The van der Waals surface area contributed by atoms with Crippen molar-refractivity contribution in [2.24, 2.45) is 0 Å². The second kappa shape index (κ2) is 8.08. The van der Waals surface area contributed by atoms with Crippen LogP contribution in [0.15, 0.2) is 24.3 Å². The second-order valence-corrected chi connectivity index (χ2v) is 4.29. The smallest absolute Gasteiger partial charge is 0.328 e. The molecule has 0 aliphatic heterocycles. The topological polar surface area (TPSA) is 64.3 Å². The van der Waals surface area contributed by atoms with Crippen molar-refractivity contribution in [3.63, 3.8) is 0 Å². The van der Waals surface area contributed by atoms with Crippen LogP contribution in [0.5, 0.6) is 0 Å². The Balaban J connectivity index is 2.93. The van der Waals surface area contributed by atoms with Gasteiger partial charge in [-0.05, 0) is 35.9 Å². The molecule has 0 bridgehead atoms. The van der Waals surface area contributed by atoms with Crippen molar-refractivity contribution in [2.75, 3.05) is 13.1 Å². The van der Waals surface area contributed by atoms with Gasteiger partial charge < -0.3 is 5.11 Å². The summed E-state index contributed by atoms with van der Waals surface area (Å²) in [5.74, 6) is -1.48. The lowest BCUT2D eigenvalue weighted by Crippen LogP contribution is -2.24. The molecule has 0 saturated heterocycles. The van der Waals surface area contributed by atoms with Crippen LogP contribution in [0.3, 0.4) is 0 Å². The zero-order chi connectivity index (χ0) is 15.0. The Labute approximate surface area is 117 Å². The van der Waals surface area contributed by atoms with E-state index < -0.39 is 11.8 Å². The van der Waals surface area contributed by atoms with Crippen LogP contribution in [0.2, 0.25) is 0 Å². The molecule has 4 nitrogen and oxygen atoms in total. The van der Waals surface area contributed by atoms with E-state index in [-0.39, 0.29) is 0 Å². The number of hydrogen-bond donors (Lipinski definition) is 1. The lowest BCUT2D eigenvalue weighted by Gasteiger charge is -2.20. The van der Waals surface area contributed by atoms with Crippen molar-refractivity contribution < 1.29 is 14.3 Å². The van der Waals surface area contributed by atoms with Gasteiger partial charge in [0.1, 0.15) is 5.82 Å². The molecule has 0 saturated carbocycles. The molecule has 0 spiro atoms. The van der Waals surface area contributed by atoms with E-state index in [0.29, 0.717) is 25.1 Å². The monoisotopic (exact) mass is 276 g/mol. The average molecular weight is 276 g/mol. The van der Waals surface area contributed by atoms with E-state index in [0.717, 1.165) is 18.2 Å². The molecular weight excluding hydrogens is 259 g/mol. The minimum atomic E-state index is -1.07. The summed E-state index contributed by atoms with van der Waals surface area (Å²) in [6.07, 6.45) is 2.80. The minimum Gasteiger partial charge on any atom is -0.478 e. The molecule has 0 aliphatic carbocycles. The average Bonchev–Trinajstić information content (AvgIpc) is 2.42. The van der Waals surface area contributed by atoms with Gasteiger partial charge in [0.05, 0.1) is 6.07 Å². The van der Waals surface area contributed by atoms with Crippen LogP contribution in [0, 0.1) is 17.1 Å². The maximum Gasteiger partial charge on any atom is 0.328 e. The molecule has 0 radical (unpaired) electrons. The fourth-order valence-corrected chi connectivity index (χ4v) is 1.82. The summed E-state index contributed by atoms with van der Waals surface area (Å²) in [5, 5.41) is 17.3. The third-order valence-corrected chi connectivity index (χ3v) is 2.89. The number of carboxylic acids is 1. The van der Waals surface area contributed by atoms with Crippen molar-refractivity contribution >= 4 is 12.0 Å². The number of rotatable bonds is 7. The van der Waals surface area contributed by atoms with E-state index in [4.69, 9.17) is 10.4 Å². The summed E-state index contributed by atoms with van der Waals surface area (Å²) in [6, 6.07) is 6.40. The van der Waals surface area contributed by atoms with Crippen molar-refractivity contribution in [1.29, 1.82) is 5.26 Å². The van der Waals surface area contributed by atoms with Crippen molar-refractivity contribution in [3.8, 4) is 6.07 Å². The summed E-state index contributed by atoms with van der Waals surface area (Å²) in [4.78, 5) is 12.6. The molecule has 0 fully saturated rings. The van der Waals surface area contributed by atoms with Crippen LogP contribution in [-0.4, -0.2) is 29.1 Å². The highest BCUT2D eigenvalue weighted by Gasteiger charge is 2.07. The van der Waals surface area contributed by atoms with Gasteiger partial charge >= 0.3 is 5.97 Å². The second-order valence-electron chi connectivity index (χ2n) is 4.29. The third-order valence-electron chi connectivity index (χ3n) is 2.89. The molecule has 0 aliphatic rings. The highest BCUT2D eigenvalue weighted by molar-refractivity contribution is 5.85. The molecule has 5 heteroatoms. The standard InChI is InChI=1S/C15H17FN2O2/c1-2-18(9-3-8-17)11-13-4-6-14(16)10-12(13)5-7-15(19)20/h4-7,10H,2-3,9,11H2,1H3,(H,19,20). The normalized spacial score (nSPS) is 10.9. The Morgan fingerprint density at radius 3 is 2.90 bits per heavy atom. The Morgan fingerprint density at radius 1 is 1.55 bits per heavy atom. The first-order valence-corrected chi connectivity index (χ1v) is 6.35. The molecule has 1 aromatic carbocycles. The highest BCUT2D eigenvalue weighted by atomic mass is 19.1. The molecule has 106 valence electrons. The predicted molar refractivity (Wildman–Crippen MR) is 74.3 cm³/mol. The number of carboxylic acid groups (broad SMARTS) is 1. The van der Waals surface area contributed by atoms with Crippen LogP contribution in [0.1, 0.15) is 24.5 Å². The minimum absolute atomic E-state index is 0.404. The van der Waals surface area contributed by atoms with Crippen LogP contribution in [0.25, 0.3) is 6.08 Å². The van der Waals surface area contributed by atoms with Gasteiger partial charge in [-0.2, -0.15) is 5.26 Å². The highest BCUT2D eigenvalue weighted by Crippen LogP contribution is 2.16. The van der Waals surface area contributed by atoms with Gasteiger partial charge in [-0.15, -0.1) is 0 Å². The first-order valence-electron chi connectivity index (χ1n) is 6.35. The van der Waals surface area contributed by atoms with Gasteiger partial charge in [0.2, 0.25) is 0 Å². The molecule has 0 unspecified atom stereocenters. The third kappa shape index (κ3) is 5.21. The Kier molecular flexibility index (Phi) is 6.41. The first-order chi connectivity index (χ1) is 9.56. The molecule has 1 N–H and O–H groups in total. The van der Waals surface area contributed by atoms with Gasteiger partial charge in [-0.3, -0.25) is 4.90 Å². The van der Waals surface area contributed by atoms with Gasteiger partial charge in [0.25, 0.3) is 0 Å². The van der Waals surface area contributed by atoms with Crippen LogP contribution >= 0.6 is 0 Å². The van der Waals surface area contributed by atoms with E-state index in [9.17, 15) is 9.18 Å². The number of carbonyl (C=O) groups is 1. The molecule has 20 heavy (non-hydrogen) atoms. The summed E-state index contributed by atoms with van der Waals surface area (Å²) < 4.78 is 13.3. The number of hydrogen-bond acceptors (Lipinski definition) is 3. The van der Waals surface area contributed by atoms with Crippen LogP contribution in [0.4, 0.5) is 4.39 Å². The Morgan fingerprint density at radius 2 is 2.30 bits per heavy atom. The van der Waals surface area contributed by atoms with Gasteiger partial charge in [0, 0.05) is 25.6 Å². The van der Waals surface area contributed by atoms with E-state index in [1.807, 2.05) is 6.92 Å². The Bertz CT molecular complexity index is 535. The zero-order valence-electron chi connectivity index (χ0n) is 11.3. The molecule has 0 aromatic heterocycles. The van der Waals surface area contributed by atoms with Gasteiger partial charge in [-0.25, -0.2) is 9.18 Å². The summed E-state index contributed by atoms with van der Waals surface area (Å²) in [7, 11) is 0. The number of benzene rings is 1. The lowest BCUT2D eigenvalue weighted by molar-refractivity contribution is -0.131. The van der Waals surface area contributed by atoms with Crippen molar-refractivity contribution in [2.45, 2.75) is 19.9 Å². The molecule has 0 amide bonds. The van der Waals surface area contributed by atoms with Gasteiger partial charge in [0.15, 0.2) is 0 Å². The zero-order valence-corrected chi connectivity index (χ0v) is 11.3. The molecule has 1 rings (SSSR count). The maximum atomic E-state index is 13.3. The van der Waals surface area contributed by atoms with Crippen molar-refractivity contribution in [3.05, 3.63) is 41.2 Å². The van der Waals surface area contributed by atoms with Crippen molar-refractivity contribution in [1.82, 2.24) is 4.90 Å². The lowest BCUT2D eigenvalue weighted by atomic mass is 10.1. The summed E-state index contributed by atoms with van der Waals surface area (Å²) >= 11 is 0. The number of nitriles is 1. The first kappa shape index (κ1) is 15.9. The number of halogens is 1. The maximum absolute atomic E-state index is 13.3. The molecule has 0 heterocycles. The fraction of sp³-hybridized carbons (Fsp3) is 0.333. The largest absolute Gasteiger partial charge is 0.478 e. The quantitative estimate of drug-likeness (QED) is 0.778. The fourth-order valence-electron chi connectivity index (χ4n) is 1.82. The van der Waals surface area contributed by atoms with Gasteiger partial charge in [-0.1, -0.05) is 13.0 Å².